The van der Waals surface area contributed by atoms with E-state index in [1.165, 1.54) is 0 Å². The minimum absolute atomic E-state index is 0.0446. The summed E-state index contributed by atoms with van der Waals surface area (Å²) >= 11 is 0. The van der Waals surface area contributed by atoms with E-state index in [1.807, 2.05) is 17.0 Å². The number of aromatic amines is 1. The van der Waals surface area contributed by atoms with Gasteiger partial charge in [0.05, 0.1) is 13.2 Å². The number of nitriles is 1. The van der Waals surface area contributed by atoms with Crippen molar-refractivity contribution in [1.29, 1.82) is 5.26 Å². The lowest BCUT2D eigenvalue weighted by Crippen LogP contribution is -2.42. The molecule has 1 aliphatic heterocycles. The molecule has 1 saturated heterocycles. The van der Waals surface area contributed by atoms with E-state index in [0.29, 0.717) is 37.6 Å². The molecular formula is C16H17N3O4. The summed E-state index contributed by atoms with van der Waals surface area (Å²) in [6.07, 6.45) is 1.73. The Labute approximate surface area is 133 Å². The fraction of sp³-hybridized carbons (Fsp3) is 0.375. The minimum Gasteiger partial charge on any atom is -0.480 e. The number of carboxylic acid groups (broad SMARTS) is 1. The Kier molecular flexibility index (Phi) is 4.46. The predicted octanol–water partition coefficient (Wildman–Crippen LogP) is 1.53. The summed E-state index contributed by atoms with van der Waals surface area (Å²) in [6.45, 7) is 2.17. The van der Waals surface area contributed by atoms with Gasteiger partial charge in [-0.3, -0.25) is 9.69 Å². The average molecular weight is 315 g/mol. The first-order valence-corrected chi connectivity index (χ1v) is 7.36. The van der Waals surface area contributed by atoms with Crippen LogP contribution in [0, 0.1) is 11.3 Å². The molecule has 1 atom stereocenters. The summed E-state index contributed by atoms with van der Waals surface area (Å²) in [7, 11) is 0. The van der Waals surface area contributed by atoms with Crippen LogP contribution in [0.2, 0.25) is 0 Å². The van der Waals surface area contributed by atoms with Crippen molar-refractivity contribution in [3.63, 3.8) is 0 Å². The second kappa shape index (κ2) is 6.69. The number of rotatable bonds is 5. The number of hydrogen-bond acceptors (Lipinski definition) is 5. The zero-order chi connectivity index (χ0) is 16.2. The van der Waals surface area contributed by atoms with E-state index in [9.17, 15) is 9.90 Å². The lowest BCUT2D eigenvalue weighted by atomic mass is 10.0. The maximum Gasteiger partial charge on any atom is 0.325 e. The van der Waals surface area contributed by atoms with Crippen LogP contribution < -0.4 is 4.74 Å². The van der Waals surface area contributed by atoms with Crippen LogP contribution >= 0.6 is 0 Å². The first kappa shape index (κ1) is 15.3. The van der Waals surface area contributed by atoms with Crippen LogP contribution in [0.5, 0.6) is 5.75 Å². The highest BCUT2D eigenvalue weighted by Gasteiger charge is 2.30. The number of H-pyrrole nitrogens is 1. The predicted molar refractivity (Wildman–Crippen MR) is 82.2 cm³/mol. The van der Waals surface area contributed by atoms with Crippen LogP contribution in [-0.2, 0) is 9.53 Å². The number of morpholine rings is 1. The molecule has 3 rings (SSSR count). The number of aromatic nitrogens is 1. The Morgan fingerprint density at radius 3 is 2.96 bits per heavy atom. The Bertz CT molecular complexity index is 743. The van der Waals surface area contributed by atoms with Gasteiger partial charge < -0.3 is 19.6 Å². The van der Waals surface area contributed by atoms with E-state index >= 15 is 0 Å². The number of carboxylic acids is 1. The van der Waals surface area contributed by atoms with Gasteiger partial charge in [-0.15, -0.1) is 0 Å². The topological polar surface area (TPSA) is 98.6 Å². The quantitative estimate of drug-likeness (QED) is 0.868. The minimum atomic E-state index is -0.892. The fourth-order valence-corrected chi connectivity index (χ4v) is 2.87. The maximum atomic E-state index is 11.8. The summed E-state index contributed by atoms with van der Waals surface area (Å²) in [5, 5.41) is 19.1. The first-order valence-electron chi connectivity index (χ1n) is 7.36. The molecule has 2 aromatic rings. The van der Waals surface area contributed by atoms with Gasteiger partial charge in [0.1, 0.15) is 17.9 Å². The third kappa shape index (κ3) is 3.13. The highest BCUT2D eigenvalue weighted by Crippen LogP contribution is 2.31. The molecule has 2 heterocycles. The fourth-order valence-electron chi connectivity index (χ4n) is 2.87. The van der Waals surface area contributed by atoms with E-state index in [0.717, 1.165) is 10.9 Å². The van der Waals surface area contributed by atoms with E-state index in [2.05, 4.69) is 4.98 Å². The van der Waals surface area contributed by atoms with Gasteiger partial charge in [-0.2, -0.15) is 5.26 Å². The summed E-state index contributed by atoms with van der Waals surface area (Å²) in [4.78, 5) is 16.8. The third-order valence-electron chi connectivity index (χ3n) is 3.93. The Balaban J connectivity index is 1.98. The number of hydrogen-bond donors (Lipinski definition) is 2. The molecule has 120 valence electrons. The van der Waals surface area contributed by atoms with Crippen LogP contribution in [0.15, 0.2) is 24.4 Å². The van der Waals surface area contributed by atoms with Crippen LogP contribution in [0.25, 0.3) is 10.9 Å². The van der Waals surface area contributed by atoms with Crippen molar-refractivity contribution in [2.45, 2.75) is 6.04 Å². The van der Waals surface area contributed by atoms with Crippen LogP contribution in [-0.4, -0.2) is 53.9 Å². The summed E-state index contributed by atoms with van der Waals surface area (Å²) < 4.78 is 10.6. The van der Waals surface area contributed by atoms with Gasteiger partial charge in [0.25, 0.3) is 0 Å². The SMILES string of the molecule is N#CCOc1ccc2[nH]cc(C(C(=O)O)N3CCOCC3)c2c1. The van der Waals surface area contributed by atoms with Gasteiger partial charge in [0, 0.05) is 35.8 Å². The van der Waals surface area contributed by atoms with Gasteiger partial charge in [-0.25, -0.2) is 0 Å². The van der Waals surface area contributed by atoms with Crippen molar-refractivity contribution >= 4 is 16.9 Å². The Morgan fingerprint density at radius 2 is 2.26 bits per heavy atom. The first-order chi connectivity index (χ1) is 11.2. The van der Waals surface area contributed by atoms with Crippen LogP contribution in [0.4, 0.5) is 0 Å². The van der Waals surface area contributed by atoms with Crippen molar-refractivity contribution in [3.05, 3.63) is 30.0 Å². The number of aliphatic carboxylic acids is 1. The smallest absolute Gasteiger partial charge is 0.325 e. The molecule has 7 nitrogen and oxygen atoms in total. The molecule has 0 saturated carbocycles. The molecule has 0 amide bonds. The van der Waals surface area contributed by atoms with Crippen LogP contribution in [0.3, 0.4) is 0 Å². The molecule has 0 radical (unpaired) electrons. The highest BCUT2D eigenvalue weighted by atomic mass is 16.5. The number of ether oxygens (including phenoxy) is 2. The van der Waals surface area contributed by atoms with E-state index in [4.69, 9.17) is 14.7 Å². The highest BCUT2D eigenvalue weighted by molar-refractivity contribution is 5.90. The van der Waals surface area contributed by atoms with Crippen LogP contribution in [0.1, 0.15) is 11.6 Å². The Hall–Kier alpha value is -2.56. The maximum absolute atomic E-state index is 11.8. The standard InChI is InChI=1S/C16H17N3O4/c17-3-6-23-11-1-2-14-12(9-11)13(10-18-14)15(16(20)21)19-4-7-22-8-5-19/h1-2,9-10,15,18H,4-8H2,(H,20,21). The second-order valence-corrected chi connectivity index (χ2v) is 5.29. The molecule has 0 aliphatic carbocycles. The zero-order valence-electron chi connectivity index (χ0n) is 12.5. The second-order valence-electron chi connectivity index (χ2n) is 5.29. The van der Waals surface area contributed by atoms with Crippen molar-refractivity contribution in [2.75, 3.05) is 32.9 Å². The van der Waals surface area contributed by atoms with Crippen molar-refractivity contribution in [2.24, 2.45) is 0 Å². The molecule has 1 fully saturated rings. The number of carbonyl (C=O) groups is 1. The normalized spacial score (nSPS) is 16.8. The van der Waals surface area contributed by atoms with E-state index < -0.39 is 12.0 Å². The number of benzene rings is 1. The molecule has 2 N–H and O–H groups in total. The molecule has 7 heteroatoms. The van der Waals surface area contributed by atoms with Gasteiger partial charge in [-0.05, 0) is 18.2 Å². The summed E-state index contributed by atoms with van der Waals surface area (Å²) in [5.41, 5.74) is 1.53. The molecule has 0 bridgehead atoms. The van der Waals surface area contributed by atoms with Crippen molar-refractivity contribution in [1.82, 2.24) is 9.88 Å². The zero-order valence-corrected chi connectivity index (χ0v) is 12.5. The third-order valence-corrected chi connectivity index (χ3v) is 3.93. The number of nitrogens with zero attached hydrogens (tertiary/aromatic N) is 2. The van der Waals surface area contributed by atoms with E-state index in [-0.39, 0.29) is 6.61 Å². The molecule has 1 aliphatic rings. The lowest BCUT2D eigenvalue weighted by Gasteiger charge is -2.31. The van der Waals surface area contributed by atoms with Crippen molar-refractivity contribution in [3.8, 4) is 11.8 Å². The lowest BCUT2D eigenvalue weighted by molar-refractivity contribution is -0.145. The summed E-state index contributed by atoms with van der Waals surface area (Å²) in [5.74, 6) is -0.345. The monoisotopic (exact) mass is 315 g/mol. The van der Waals surface area contributed by atoms with E-state index in [1.54, 1.807) is 18.3 Å². The van der Waals surface area contributed by atoms with Crippen molar-refractivity contribution < 1.29 is 19.4 Å². The average Bonchev–Trinajstić information content (AvgIpc) is 2.97. The number of nitrogens with one attached hydrogen (secondary N) is 1. The summed E-state index contributed by atoms with van der Waals surface area (Å²) in [6, 6.07) is 6.53. The van der Waals surface area contributed by atoms with Gasteiger partial charge >= 0.3 is 5.97 Å². The molecule has 1 unspecified atom stereocenters. The largest absolute Gasteiger partial charge is 0.480 e. The molecular weight excluding hydrogens is 298 g/mol. The Morgan fingerprint density at radius 1 is 1.48 bits per heavy atom. The van der Waals surface area contributed by atoms with Gasteiger partial charge in [0.2, 0.25) is 0 Å². The molecule has 1 aromatic carbocycles. The molecule has 1 aromatic heterocycles. The molecule has 23 heavy (non-hydrogen) atoms. The number of fused-ring (bicyclic) bond motifs is 1. The van der Waals surface area contributed by atoms with Gasteiger partial charge in [0.15, 0.2) is 6.61 Å². The molecule has 0 spiro atoms. The van der Waals surface area contributed by atoms with Gasteiger partial charge in [-0.1, -0.05) is 0 Å².